The Morgan fingerprint density at radius 3 is 3.05 bits per heavy atom. The summed E-state index contributed by atoms with van der Waals surface area (Å²) in [6, 6.07) is 14.0. The smallest absolute Gasteiger partial charge is 0.204 e. The summed E-state index contributed by atoms with van der Waals surface area (Å²) in [4.78, 5) is 4.60. The zero-order valence-corrected chi connectivity index (χ0v) is 11.5. The first kappa shape index (κ1) is 11.9. The van der Waals surface area contributed by atoms with E-state index in [-0.39, 0.29) is 5.92 Å². The summed E-state index contributed by atoms with van der Waals surface area (Å²) in [5.41, 5.74) is 4.20. The van der Waals surface area contributed by atoms with E-state index in [1.54, 1.807) is 0 Å². The molecule has 0 saturated heterocycles. The van der Waals surface area contributed by atoms with Gasteiger partial charge in [-0.1, -0.05) is 35.9 Å². The van der Waals surface area contributed by atoms with E-state index in [4.69, 9.17) is 16.0 Å². The summed E-state index contributed by atoms with van der Waals surface area (Å²) in [6.07, 6.45) is 0. The molecule has 4 rings (SSSR count). The van der Waals surface area contributed by atoms with Crippen LogP contribution < -0.4 is 5.32 Å². The molecule has 1 atom stereocenters. The van der Waals surface area contributed by atoms with Gasteiger partial charge in [0.15, 0.2) is 5.58 Å². The van der Waals surface area contributed by atoms with E-state index in [2.05, 4.69) is 34.6 Å². The van der Waals surface area contributed by atoms with Gasteiger partial charge in [0.25, 0.3) is 0 Å². The number of rotatable bonds is 1. The Morgan fingerprint density at radius 1 is 1.20 bits per heavy atom. The van der Waals surface area contributed by atoms with Crippen molar-refractivity contribution >= 4 is 22.7 Å². The van der Waals surface area contributed by atoms with Crippen LogP contribution in [0.5, 0.6) is 0 Å². The van der Waals surface area contributed by atoms with E-state index < -0.39 is 0 Å². The highest BCUT2D eigenvalue weighted by Crippen LogP contribution is 2.31. The van der Waals surface area contributed by atoms with E-state index in [1.165, 1.54) is 11.1 Å². The summed E-state index contributed by atoms with van der Waals surface area (Å²) < 4.78 is 5.91. The Labute approximate surface area is 121 Å². The molecule has 0 radical (unpaired) electrons. The molecule has 0 spiro atoms. The molecule has 1 aromatic heterocycles. The van der Waals surface area contributed by atoms with Crippen LogP contribution in [0.2, 0.25) is 5.02 Å². The number of oxazole rings is 1. The quantitative estimate of drug-likeness (QED) is 0.740. The summed E-state index contributed by atoms with van der Waals surface area (Å²) >= 11 is 6.00. The highest BCUT2D eigenvalue weighted by Gasteiger charge is 2.25. The lowest BCUT2D eigenvalue weighted by Crippen LogP contribution is -2.28. The first-order valence-corrected chi connectivity index (χ1v) is 7.03. The zero-order valence-electron chi connectivity index (χ0n) is 10.8. The second-order valence-corrected chi connectivity index (χ2v) is 5.48. The number of fused-ring (bicyclic) bond motifs is 2. The molecule has 1 aliphatic heterocycles. The monoisotopic (exact) mass is 284 g/mol. The molecule has 100 valence electrons. The molecular weight excluding hydrogens is 272 g/mol. The third-order valence-electron chi connectivity index (χ3n) is 3.76. The molecule has 0 fully saturated rings. The molecule has 3 aromatic rings. The van der Waals surface area contributed by atoms with E-state index >= 15 is 0 Å². The van der Waals surface area contributed by atoms with Crippen molar-refractivity contribution < 1.29 is 4.42 Å². The Morgan fingerprint density at radius 2 is 2.10 bits per heavy atom. The van der Waals surface area contributed by atoms with Crippen LogP contribution in [0.1, 0.15) is 22.9 Å². The van der Waals surface area contributed by atoms with Crippen LogP contribution in [0.3, 0.4) is 0 Å². The van der Waals surface area contributed by atoms with Gasteiger partial charge >= 0.3 is 0 Å². The van der Waals surface area contributed by atoms with Gasteiger partial charge in [0.05, 0.1) is 5.92 Å². The highest BCUT2D eigenvalue weighted by molar-refractivity contribution is 6.31. The van der Waals surface area contributed by atoms with Crippen molar-refractivity contribution in [3.8, 4) is 0 Å². The standard InChI is InChI=1S/C16H13ClN2O/c17-11-5-6-15-14(7-11)19-16(20-15)13-9-18-8-10-3-1-2-4-12(10)13/h1-7,13,18H,8-9H2. The van der Waals surface area contributed by atoms with Crippen LogP contribution in [0.4, 0.5) is 0 Å². The van der Waals surface area contributed by atoms with Gasteiger partial charge in [-0.15, -0.1) is 0 Å². The lowest BCUT2D eigenvalue weighted by Gasteiger charge is -2.23. The molecule has 2 aromatic carbocycles. The average molecular weight is 285 g/mol. The minimum Gasteiger partial charge on any atom is -0.440 e. The van der Waals surface area contributed by atoms with Gasteiger partial charge in [0.1, 0.15) is 5.52 Å². The number of benzene rings is 2. The van der Waals surface area contributed by atoms with E-state index in [9.17, 15) is 0 Å². The van der Waals surface area contributed by atoms with Crippen molar-refractivity contribution in [1.29, 1.82) is 0 Å². The first-order valence-electron chi connectivity index (χ1n) is 6.66. The summed E-state index contributed by atoms with van der Waals surface area (Å²) in [5.74, 6) is 0.910. The maximum Gasteiger partial charge on any atom is 0.204 e. The van der Waals surface area contributed by atoms with Gasteiger partial charge in [-0.3, -0.25) is 0 Å². The molecule has 4 heteroatoms. The second-order valence-electron chi connectivity index (χ2n) is 5.05. The third kappa shape index (κ3) is 1.90. The van der Waals surface area contributed by atoms with Gasteiger partial charge in [-0.2, -0.15) is 0 Å². The third-order valence-corrected chi connectivity index (χ3v) is 3.99. The van der Waals surface area contributed by atoms with Crippen molar-refractivity contribution in [2.45, 2.75) is 12.5 Å². The number of halogens is 1. The topological polar surface area (TPSA) is 38.1 Å². The van der Waals surface area contributed by atoms with Gasteiger partial charge < -0.3 is 9.73 Å². The van der Waals surface area contributed by atoms with Crippen LogP contribution in [0.15, 0.2) is 46.9 Å². The fourth-order valence-electron chi connectivity index (χ4n) is 2.78. The summed E-state index contributed by atoms with van der Waals surface area (Å²) in [7, 11) is 0. The van der Waals surface area contributed by atoms with Crippen LogP contribution in [0, 0.1) is 0 Å². The normalized spacial score (nSPS) is 18.1. The van der Waals surface area contributed by atoms with E-state index in [0.29, 0.717) is 5.02 Å². The van der Waals surface area contributed by atoms with Crippen LogP contribution >= 0.6 is 11.6 Å². The molecule has 0 saturated carbocycles. The Kier molecular flexibility index (Phi) is 2.76. The van der Waals surface area contributed by atoms with Crippen molar-refractivity contribution in [2.24, 2.45) is 0 Å². The van der Waals surface area contributed by atoms with Gasteiger partial charge in [0, 0.05) is 18.1 Å². The Balaban J connectivity index is 1.84. The molecule has 20 heavy (non-hydrogen) atoms. The maximum atomic E-state index is 6.00. The van der Waals surface area contributed by atoms with Crippen molar-refractivity contribution in [3.63, 3.8) is 0 Å². The number of hydrogen-bond donors (Lipinski definition) is 1. The fraction of sp³-hybridized carbons (Fsp3) is 0.188. The van der Waals surface area contributed by atoms with E-state index in [0.717, 1.165) is 30.1 Å². The number of nitrogens with one attached hydrogen (secondary N) is 1. The lowest BCUT2D eigenvalue weighted by atomic mass is 9.91. The molecule has 3 nitrogen and oxygen atoms in total. The van der Waals surface area contributed by atoms with E-state index in [1.807, 2.05) is 18.2 Å². The largest absolute Gasteiger partial charge is 0.440 e. The van der Waals surface area contributed by atoms with Crippen molar-refractivity contribution in [1.82, 2.24) is 10.3 Å². The van der Waals surface area contributed by atoms with Crippen LogP contribution in [-0.4, -0.2) is 11.5 Å². The number of nitrogens with zero attached hydrogens (tertiary/aromatic N) is 1. The number of aromatic nitrogens is 1. The van der Waals surface area contributed by atoms with Gasteiger partial charge in [0.2, 0.25) is 5.89 Å². The zero-order chi connectivity index (χ0) is 13.5. The van der Waals surface area contributed by atoms with Crippen molar-refractivity contribution in [3.05, 3.63) is 64.5 Å². The van der Waals surface area contributed by atoms with Crippen LogP contribution in [0.25, 0.3) is 11.1 Å². The minimum absolute atomic E-state index is 0.158. The fourth-order valence-corrected chi connectivity index (χ4v) is 2.95. The van der Waals surface area contributed by atoms with Gasteiger partial charge in [-0.05, 0) is 29.3 Å². The SMILES string of the molecule is Clc1ccc2oc(C3CNCc4ccccc43)nc2c1. The summed E-state index contributed by atoms with van der Waals surface area (Å²) in [5, 5.41) is 4.10. The van der Waals surface area contributed by atoms with Crippen LogP contribution in [-0.2, 0) is 6.54 Å². The molecule has 1 aliphatic rings. The molecule has 0 bridgehead atoms. The lowest BCUT2D eigenvalue weighted by molar-refractivity contribution is 0.464. The molecule has 0 amide bonds. The molecule has 1 N–H and O–H groups in total. The minimum atomic E-state index is 0.158. The van der Waals surface area contributed by atoms with Gasteiger partial charge in [-0.25, -0.2) is 4.98 Å². The predicted octanol–water partition coefficient (Wildman–Crippen LogP) is 3.72. The molecule has 2 heterocycles. The molecule has 0 aliphatic carbocycles. The maximum absolute atomic E-state index is 6.00. The second kappa shape index (κ2) is 4.62. The molecule has 1 unspecified atom stereocenters. The molecular formula is C16H13ClN2O. The number of hydrogen-bond acceptors (Lipinski definition) is 3. The van der Waals surface area contributed by atoms with Crippen molar-refractivity contribution in [2.75, 3.05) is 6.54 Å². The first-order chi connectivity index (χ1) is 9.81. The Bertz CT molecular complexity index is 781. The summed E-state index contributed by atoms with van der Waals surface area (Å²) in [6.45, 7) is 1.75. The Hall–Kier alpha value is -1.84. The average Bonchev–Trinajstić information content (AvgIpc) is 2.89. The predicted molar refractivity (Wildman–Crippen MR) is 79.0 cm³/mol. The highest BCUT2D eigenvalue weighted by atomic mass is 35.5.